The molecule has 5 nitrogen and oxygen atoms in total. The van der Waals surface area contributed by atoms with Crippen molar-refractivity contribution in [1.29, 1.82) is 0 Å². The SMILES string of the molecule is CC(C)N1CCCCC1.CC(C)N1CCOCC1.CC(C)NC1CCCCC1.CC(C)NCc1ccccc1. The Balaban J connectivity index is 0.000000261. The summed E-state index contributed by atoms with van der Waals surface area (Å²) in [6.45, 7) is 25.5. The van der Waals surface area contributed by atoms with Gasteiger partial charge in [0.1, 0.15) is 0 Å². The van der Waals surface area contributed by atoms with Crippen molar-refractivity contribution in [3.8, 4) is 0 Å². The summed E-state index contributed by atoms with van der Waals surface area (Å²) in [5, 5.41) is 6.94. The van der Waals surface area contributed by atoms with Gasteiger partial charge in [-0.15, -0.1) is 0 Å². The van der Waals surface area contributed by atoms with Gasteiger partial charge in [-0.1, -0.05) is 83.7 Å². The zero-order valence-corrected chi connectivity index (χ0v) is 27.2. The van der Waals surface area contributed by atoms with Crippen LogP contribution < -0.4 is 10.6 Å². The first-order chi connectivity index (χ1) is 18.7. The predicted octanol–water partition coefficient (Wildman–Crippen LogP) is 7.11. The molecule has 2 heterocycles. The number of hydrogen-bond donors (Lipinski definition) is 2. The van der Waals surface area contributed by atoms with Crippen molar-refractivity contribution in [2.45, 2.75) is 144 Å². The van der Waals surface area contributed by atoms with Crippen LogP contribution in [0.3, 0.4) is 0 Å². The highest BCUT2D eigenvalue weighted by Gasteiger charge is 2.13. The van der Waals surface area contributed by atoms with Gasteiger partial charge in [0, 0.05) is 49.8 Å². The Labute approximate surface area is 243 Å². The Kier molecular flexibility index (Phi) is 21.0. The third kappa shape index (κ3) is 19.7. The highest BCUT2D eigenvalue weighted by atomic mass is 16.5. The quantitative estimate of drug-likeness (QED) is 0.381. The summed E-state index contributed by atoms with van der Waals surface area (Å²) in [4.78, 5) is 4.99. The van der Waals surface area contributed by atoms with Crippen LogP contribution in [0.5, 0.6) is 0 Å². The van der Waals surface area contributed by atoms with Gasteiger partial charge in [0.05, 0.1) is 13.2 Å². The molecule has 0 unspecified atom stereocenters. The van der Waals surface area contributed by atoms with Gasteiger partial charge in [0.25, 0.3) is 0 Å². The number of piperidine rings is 1. The minimum absolute atomic E-state index is 0.565. The number of nitrogens with one attached hydrogen (secondary N) is 2. The molecular formula is C34H66N4O. The smallest absolute Gasteiger partial charge is 0.0594 e. The van der Waals surface area contributed by atoms with Crippen LogP contribution in [0.25, 0.3) is 0 Å². The molecule has 2 saturated heterocycles. The van der Waals surface area contributed by atoms with E-state index in [0.717, 1.165) is 44.9 Å². The zero-order valence-electron chi connectivity index (χ0n) is 27.2. The van der Waals surface area contributed by atoms with Crippen molar-refractivity contribution in [3.63, 3.8) is 0 Å². The summed E-state index contributed by atoms with van der Waals surface area (Å²) in [5.74, 6) is 0. The molecule has 1 aromatic rings. The Morgan fingerprint density at radius 2 is 1.18 bits per heavy atom. The third-order valence-corrected chi connectivity index (χ3v) is 7.63. The van der Waals surface area contributed by atoms with Gasteiger partial charge in [-0.25, -0.2) is 0 Å². The van der Waals surface area contributed by atoms with E-state index in [4.69, 9.17) is 4.74 Å². The molecule has 3 aliphatic rings. The van der Waals surface area contributed by atoms with Crippen molar-refractivity contribution in [1.82, 2.24) is 20.4 Å². The van der Waals surface area contributed by atoms with Crippen molar-refractivity contribution in [2.24, 2.45) is 0 Å². The van der Waals surface area contributed by atoms with Crippen LogP contribution in [0.4, 0.5) is 0 Å². The zero-order chi connectivity index (χ0) is 28.9. The van der Waals surface area contributed by atoms with Gasteiger partial charge in [-0.2, -0.15) is 0 Å². The van der Waals surface area contributed by atoms with Crippen LogP contribution in [0, 0.1) is 0 Å². The molecule has 1 saturated carbocycles. The van der Waals surface area contributed by atoms with E-state index in [1.807, 2.05) is 6.07 Å². The Bertz CT molecular complexity index is 624. The van der Waals surface area contributed by atoms with E-state index in [-0.39, 0.29) is 0 Å². The minimum Gasteiger partial charge on any atom is -0.379 e. The lowest BCUT2D eigenvalue weighted by Gasteiger charge is -2.29. The van der Waals surface area contributed by atoms with Crippen molar-refractivity contribution in [2.75, 3.05) is 39.4 Å². The molecule has 4 rings (SSSR count). The van der Waals surface area contributed by atoms with Crippen molar-refractivity contribution in [3.05, 3.63) is 35.9 Å². The van der Waals surface area contributed by atoms with E-state index < -0.39 is 0 Å². The minimum atomic E-state index is 0.565. The molecule has 0 amide bonds. The van der Waals surface area contributed by atoms with E-state index in [9.17, 15) is 0 Å². The number of ether oxygens (including phenoxy) is 1. The van der Waals surface area contributed by atoms with Crippen LogP contribution in [0.15, 0.2) is 30.3 Å². The Morgan fingerprint density at radius 3 is 1.62 bits per heavy atom. The molecule has 0 radical (unpaired) electrons. The second-order valence-electron chi connectivity index (χ2n) is 12.6. The highest BCUT2D eigenvalue weighted by molar-refractivity contribution is 5.14. The normalized spacial score (nSPS) is 19.2. The average molecular weight is 547 g/mol. The van der Waals surface area contributed by atoms with E-state index >= 15 is 0 Å². The van der Waals surface area contributed by atoms with Gasteiger partial charge in [0.2, 0.25) is 0 Å². The maximum absolute atomic E-state index is 5.21. The van der Waals surface area contributed by atoms with Gasteiger partial charge in [-0.05, 0) is 72.0 Å². The number of rotatable bonds is 7. The molecule has 0 spiro atoms. The first kappa shape index (κ1) is 36.0. The highest BCUT2D eigenvalue weighted by Crippen LogP contribution is 2.17. The average Bonchev–Trinajstić information content (AvgIpc) is 2.95. The van der Waals surface area contributed by atoms with Crippen LogP contribution in [0.2, 0.25) is 0 Å². The van der Waals surface area contributed by atoms with E-state index in [2.05, 4.69) is 100 Å². The van der Waals surface area contributed by atoms with Gasteiger partial charge < -0.3 is 20.3 Å². The third-order valence-electron chi connectivity index (χ3n) is 7.63. The maximum atomic E-state index is 5.21. The molecule has 0 bridgehead atoms. The van der Waals surface area contributed by atoms with Gasteiger partial charge in [-0.3, -0.25) is 4.90 Å². The molecule has 2 aliphatic heterocycles. The van der Waals surface area contributed by atoms with E-state index in [1.165, 1.54) is 70.0 Å². The summed E-state index contributed by atoms with van der Waals surface area (Å²) in [6, 6.07) is 14.0. The van der Waals surface area contributed by atoms with E-state index in [1.54, 1.807) is 0 Å². The fraction of sp³-hybridized carbons (Fsp3) is 0.824. The summed E-state index contributed by atoms with van der Waals surface area (Å²) in [5.41, 5.74) is 1.35. The van der Waals surface area contributed by atoms with Crippen LogP contribution >= 0.6 is 0 Å². The number of benzene rings is 1. The number of morpholine rings is 1. The largest absolute Gasteiger partial charge is 0.379 e. The molecule has 0 aromatic heterocycles. The van der Waals surface area contributed by atoms with Gasteiger partial charge >= 0.3 is 0 Å². The fourth-order valence-corrected chi connectivity index (χ4v) is 5.19. The Morgan fingerprint density at radius 1 is 0.667 bits per heavy atom. The first-order valence-electron chi connectivity index (χ1n) is 16.3. The molecular weight excluding hydrogens is 480 g/mol. The summed E-state index contributed by atoms with van der Waals surface area (Å²) in [7, 11) is 0. The van der Waals surface area contributed by atoms with Crippen LogP contribution in [-0.2, 0) is 11.3 Å². The molecule has 39 heavy (non-hydrogen) atoms. The molecule has 1 aliphatic carbocycles. The molecule has 1 aromatic carbocycles. The lowest BCUT2D eigenvalue weighted by atomic mass is 9.95. The Hall–Kier alpha value is -0.980. The summed E-state index contributed by atoms with van der Waals surface area (Å²) < 4.78 is 5.21. The molecule has 0 atom stereocenters. The maximum Gasteiger partial charge on any atom is 0.0594 e. The molecule has 3 fully saturated rings. The summed E-state index contributed by atoms with van der Waals surface area (Å²) in [6.07, 6.45) is 11.4. The van der Waals surface area contributed by atoms with Crippen LogP contribution in [0.1, 0.15) is 112 Å². The second-order valence-corrected chi connectivity index (χ2v) is 12.6. The monoisotopic (exact) mass is 547 g/mol. The topological polar surface area (TPSA) is 39.8 Å². The first-order valence-corrected chi connectivity index (χ1v) is 16.3. The molecule has 2 N–H and O–H groups in total. The molecule has 228 valence electrons. The second kappa shape index (κ2) is 22.7. The predicted molar refractivity (Wildman–Crippen MR) is 172 cm³/mol. The van der Waals surface area contributed by atoms with Crippen molar-refractivity contribution < 1.29 is 4.74 Å². The fourth-order valence-electron chi connectivity index (χ4n) is 5.19. The number of hydrogen-bond acceptors (Lipinski definition) is 5. The van der Waals surface area contributed by atoms with E-state index in [0.29, 0.717) is 18.1 Å². The lowest BCUT2D eigenvalue weighted by Crippen LogP contribution is -2.40. The number of likely N-dealkylation sites (tertiary alicyclic amines) is 1. The summed E-state index contributed by atoms with van der Waals surface area (Å²) >= 11 is 0. The van der Waals surface area contributed by atoms with Gasteiger partial charge in [0.15, 0.2) is 0 Å². The number of nitrogens with zero attached hydrogens (tertiary/aromatic N) is 2. The molecule has 5 heteroatoms. The lowest BCUT2D eigenvalue weighted by molar-refractivity contribution is 0.0238. The van der Waals surface area contributed by atoms with Crippen LogP contribution in [-0.4, -0.2) is 79.4 Å². The standard InChI is InChI=1S/C10H15N.C9H19N.C8H17N.C7H15NO/c1-9(2)11-8-10-6-4-3-5-7-10;1-8(2)10-9-6-4-3-5-7-9;1-8(2)9-6-4-3-5-7-9;1-7(2)8-3-5-9-6-4-8/h3-7,9,11H,8H2,1-2H3;8-10H,3-7H2,1-2H3;8H,3-7H2,1-2H3;7H,3-6H2,1-2H3. The van der Waals surface area contributed by atoms with Crippen molar-refractivity contribution >= 4 is 0 Å².